The third-order valence-corrected chi connectivity index (χ3v) is 4.37. The predicted octanol–water partition coefficient (Wildman–Crippen LogP) is 1.68. The van der Waals surface area contributed by atoms with E-state index in [9.17, 15) is 13.6 Å². The van der Waals surface area contributed by atoms with Gasteiger partial charge in [-0.1, -0.05) is 0 Å². The maximum Gasteiger partial charge on any atom is 0.586 e. The molecule has 2 aliphatic rings. The quantitative estimate of drug-likeness (QED) is 0.881. The number of aryl methyl sites for hydroxylation is 1. The van der Waals surface area contributed by atoms with Crippen LogP contribution in [0.5, 0.6) is 11.5 Å². The molecule has 2 aromatic rings. The molecule has 25 heavy (non-hydrogen) atoms. The number of carbonyl (C=O) groups is 1. The van der Waals surface area contributed by atoms with Crippen LogP contribution in [0.25, 0.3) is 0 Å². The standard InChI is InChI=1S/C16H16F2N4O3/c1-22-8-9(5-20-22)11-6-19-7-12(11)15(23)21-10-2-3-13-14(4-10)25-16(17,18)24-13/h2-5,8,11-12,19H,6-7H2,1H3,(H,21,23)/t11-,12+/m1/s1. The zero-order valence-electron chi connectivity index (χ0n) is 13.3. The van der Waals surface area contributed by atoms with Crippen LogP contribution in [0.1, 0.15) is 11.5 Å². The fraction of sp³-hybridized carbons (Fsp3) is 0.375. The van der Waals surface area contributed by atoms with E-state index in [0.29, 0.717) is 18.8 Å². The fourth-order valence-corrected chi connectivity index (χ4v) is 3.20. The molecule has 0 bridgehead atoms. The summed E-state index contributed by atoms with van der Waals surface area (Å²) in [6, 6.07) is 4.18. The number of alkyl halides is 2. The Morgan fingerprint density at radius 3 is 2.92 bits per heavy atom. The summed E-state index contributed by atoms with van der Waals surface area (Å²) in [7, 11) is 1.82. The highest BCUT2D eigenvalue weighted by Crippen LogP contribution is 2.42. The maximum absolute atomic E-state index is 13.1. The summed E-state index contributed by atoms with van der Waals surface area (Å²) in [6.07, 6.45) is -0.0348. The second-order valence-electron chi connectivity index (χ2n) is 6.14. The molecule has 0 aliphatic carbocycles. The Balaban J connectivity index is 1.49. The highest BCUT2D eigenvalue weighted by atomic mass is 19.3. The number of rotatable bonds is 3. The fourth-order valence-electron chi connectivity index (χ4n) is 3.20. The van der Waals surface area contributed by atoms with Gasteiger partial charge in [0.2, 0.25) is 5.91 Å². The molecule has 3 heterocycles. The Labute approximate surface area is 141 Å². The van der Waals surface area contributed by atoms with Crippen molar-refractivity contribution in [3.63, 3.8) is 0 Å². The minimum Gasteiger partial charge on any atom is -0.395 e. The second kappa shape index (κ2) is 5.69. The Hall–Kier alpha value is -2.68. The molecule has 2 aliphatic heterocycles. The molecule has 2 atom stereocenters. The monoisotopic (exact) mass is 350 g/mol. The molecule has 1 aromatic carbocycles. The van der Waals surface area contributed by atoms with Crippen LogP contribution < -0.4 is 20.1 Å². The van der Waals surface area contributed by atoms with Gasteiger partial charge in [-0.25, -0.2) is 0 Å². The first-order chi connectivity index (χ1) is 11.9. The van der Waals surface area contributed by atoms with Crippen molar-refractivity contribution in [2.45, 2.75) is 12.2 Å². The molecule has 7 nitrogen and oxygen atoms in total. The van der Waals surface area contributed by atoms with Gasteiger partial charge in [0.05, 0.1) is 12.1 Å². The molecule has 0 saturated carbocycles. The first-order valence-electron chi connectivity index (χ1n) is 7.81. The average molecular weight is 350 g/mol. The number of ether oxygens (including phenoxy) is 2. The third-order valence-electron chi connectivity index (χ3n) is 4.37. The van der Waals surface area contributed by atoms with Gasteiger partial charge in [0, 0.05) is 44.0 Å². The number of benzene rings is 1. The number of aromatic nitrogens is 2. The van der Waals surface area contributed by atoms with Gasteiger partial charge in [-0.2, -0.15) is 5.10 Å². The van der Waals surface area contributed by atoms with Gasteiger partial charge in [0.25, 0.3) is 0 Å². The highest BCUT2D eigenvalue weighted by Gasteiger charge is 2.43. The molecule has 0 radical (unpaired) electrons. The normalized spacial score (nSPS) is 23.6. The molecule has 0 spiro atoms. The molecule has 1 saturated heterocycles. The number of anilines is 1. The number of halogens is 2. The number of hydrogen-bond acceptors (Lipinski definition) is 5. The van der Waals surface area contributed by atoms with E-state index in [0.717, 1.165) is 5.56 Å². The zero-order chi connectivity index (χ0) is 17.6. The number of nitrogens with one attached hydrogen (secondary N) is 2. The zero-order valence-corrected chi connectivity index (χ0v) is 13.3. The summed E-state index contributed by atoms with van der Waals surface area (Å²) in [4.78, 5) is 12.6. The van der Waals surface area contributed by atoms with E-state index in [4.69, 9.17) is 0 Å². The second-order valence-corrected chi connectivity index (χ2v) is 6.14. The summed E-state index contributed by atoms with van der Waals surface area (Å²) in [5.74, 6) is -0.623. The molecular formula is C16H16F2N4O3. The largest absolute Gasteiger partial charge is 0.586 e. The van der Waals surface area contributed by atoms with Crippen LogP contribution in [-0.4, -0.2) is 35.1 Å². The lowest BCUT2D eigenvalue weighted by Gasteiger charge is -2.17. The number of carbonyl (C=O) groups excluding carboxylic acids is 1. The topological polar surface area (TPSA) is 77.4 Å². The smallest absolute Gasteiger partial charge is 0.395 e. The lowest BCUT2D eigenvalue weighted by molar-refractivity contribution is -0.286. The summed E-state index contributed by atoms with van der Waals surface area (Å²) < 4.78 is 36.6. The van der Waals surface area contributed by atoms with E-state index in [1.165, 1.54) is 18.2 Å². The Morgan fingerprint density at radius 1 is 1.36 bits per heavy atom. The van der Waals surface area contributed by atoms with Gasteiger partial charge in [-0.3, -0.25) is 9.48 Å². The van der Waals surface area contributed by atoms with E-state index in [1.807, 2.05) is 13.2 Å². The highest BCUT2D eigenvalue weighted by molar-refractivity contribution is 5.94. The molecule has 2 N–H and O–H groups in total. The summed E-state index contributed by atoms with van der Waals surface area (Å²) in [6.45, 7) is 1.21. The van der Waals surface area contributed by atoms with Crippen molar-refractivity contribution in [3.05, 3.63) is 36.2 Å². The van der Waals surface area contributed by atoms with Crippen LogP contribution >= 0.6 is 0 Å². The summed E-state index contributed by atoms with van der Waals surface area (Å²) >= 11 is 0. The molecule has 0 unspecified atom stereocenters. The lowest BCUT2D eigenvalue weighted by Crippen LogP contribution is -2.28. The van der Waals surface area contributed by atoms with Crippen molar-refractivity contribution < 1.29 is 23.0 Å². The van der Waals surface area contributed by atoms with E-state index >= 15 is 0 Å². The molecule has 9 heteroatoms. The molecule has 132 valence electrons. The predicted molar refractivity (Wildman–Crippen MR) is 83.6 cm³/mol. The molecule has 4 rings (SSSR count). The van der Waals surface area contributed by atoms with E-state index < -0.39 is 6.29 Å². The van der Waals surface area contributed by atoms with Crippen molar-refractivity contribution in [1.82, 2.24) is 15.1 Å². The lowest BCUT2D eigenvalue weighted by atomic mass is 9.90. The van der Waals surface area contributed by atoms with Crippen LogP contribution in [0.2, 0.25) is 0 Å². The molecule has 1 amide bonds. The van der Waals surface area contributed by atoms with Crippen molar-refractivity contribution >= 4 is 11.6 Å². The Bertz CT molecular complexity index is 823. The minimum absolute atomic E-state index is 0.00652. The number of hydrogen-bond donors (Lipinski definition) is 2. The summed E-state index contributed by atoms with van der Waals surface area (Å²) in [5, 5.41) is 10.1. The van der Waals surface area contributed by atoms with E-state index in [1.54, 1.807) is 10.9 Å². The van der Waals surface area contributed by atoms with Crippen molar-refractivity contribution in [1.29, 1.82) is 0 Å². The van der Waals surface area contributed by atoms with Crippen LogP contribution in [0.3, 0.4) is 0 Å². The molecular weight excluding hydrogens is 334 g/mol. The summed E-state index contributed by atoms with van der Waals surface area (Å²) in [5.41, 5.74) is 1.36. The van der Waals surface area contributed by atoms with Crippen molar-refractivity contribution in [3.8, 4) is 11.5 Å². The Kier molecular flexibility index (Phi) is 3.60. The third kappa shape index (κ3) is 3.02. The van der Waals surface area contributed by atoms with Crippen LogP contribution in [-0.2, 0) is 11.8 Å². The van der Waals surface area contributed by atoms with Gasteiger partial charge in [0.15, 0.2) is 11.5 Å². The van der Waals surface area contributed by atoms with Crippen LogP contribution in [0.4, 0.5) is 14.5 Å². The molecule has 1 fully saturated rings. The minimum atomic E-state index is -3.67. The molecule has 1 aromatic heterocycles. The number of fused-ring (bicyclic) bond motifs is 1. The van der Waals surface area contributed by atoms with Crippen molar-refractivity contribution in [2.75, 3.05) is 18.4 Å². The van der Waals surface area contributed by atoms with E-state index in [-0.39, 0.29) is 29.2 Å². The first-order valence-corrected chi connectivity index (χ1v) is 7.81. The Morgan fingerprint density at radius 2 is 2.16 bits per heavy atom. The van der Waals surface area contributed by atoms with Gasteiger partial charge < -0.3 is 20.1 Å². The van der Waals surface area contributed by atoms with Gasteiger partial charge in [-0.05, 0) is 17.7 Å². The van der Waals surface area contributed by atoms with Gasteiger partial charge in [0.1, 0.15) is 0 Å². The average Bonchev–Trinajstić information content (AvgIpc) is 3.23. The van der Waals surface area contributed by atoms with Gasteiger partial charge >= 0.3 is 6.29 Å². The van der Waals surface area contributed by atoms with E-state index in [2.05, 4.69) is 25.2 Å². The number of nitrogens with zero attached hydrogens (tertiary/aromatic N) is 2. The van der Waals surface area contributed by atoms with Crippen LogP contribution in [0, 0.1) is 5.92 Å². The number of amides is 1. The van der Waals surface area contributed by atoms with Crippen LogP contribution in [0.15, 0.2) is 30.6 Å². The van der Waals surface area contributed by atoms with Gasteiger partial charge in [-0.15, -0.1) is 8.78 Å². The SMILES string of the molecule is Cn1cc([C@H]2CNC[C@@H]2C(=O)Nc2ccc3c(c2)OC(F)(F)O3)cn1. The van der Waals surface area contributed by atoms with Crippen molar-refractivity contribution in [2.24, 2.45) is 13.0 Å². The maximum atomic E-state index is 13.1. The first kappa shape index (κ1) is 15.8.